The summed E-state index contributed by atoms with van der Waals surface area (Å²) < 4.78 is 40.3. The van der Waals surface area contributed by atoms with Crippen molar-refractivity contribution in [2.24, 2.45) is 0 Å². The Labute approximate surface area is 228 Å². The van der Waals surface area contributed by atoms with Crippen molar-refractivity contribution in [1.29, 1.82) is 0 Å². The van der Waals surface area contributed by atoms with Crippen LogP contribution in [0, 0.1) is 11.8 Å². The van der Waals surface area contributed by atoms with E-state index in [1.807, 2.05) is 30.3 Å². The van der Waals surface area contributed by atoms with E-state index >= 15 is 0 Å². The first-order chi connectivity index (χ1) is 19.2. The van der Waals surface area contributed by atoms with Gasteiger partial charge in [-0.25, -0.2) is 9.97 Å². The van der Waals surface area contributed by atoms with Crippen LogP contribution in [0.4, 0.5) is 19.1 Å². The number of aromatic nitrogens is 3. The van der Waals surface area contributed by atoms with Gasteiger partial charge < -0.3 is 10.2 Å². The van der Waals surface area contributed by atoms with E-state index in [-0.39, 0.29) is 30.5 Å². The van der Waals surface area contributed by atoms with Crippen molar-refractivity contribution in [1.82, 2.24) is 19.4 Å². The highest BCUT2D eigenvalue weighted by atomic mass is 19.4. The summed E-state index contributed by atoms with van der Waals surface area (Å²) in [6.45, 7) is 3.95. The van der Waals surface area contributed by atoms with Crippen LogP contribution in [0.5, 0.6) is 0 Å². The van der Waals surface area contributed by atoms with Crippen LogP contribution in [0.3, 0.4) is 0 Å². The van der Waals surface area contributed by atoms with E-state index in [0.29, 0.717) is 41.0 Å². The molecule has 40 heavy (non-hydrogen) atoms. The summed E-state index contributed by atoms with van der Waals surface area (Å²) >= 11 is 0. The lowest BCUT2D eigenvalue weighted by atomic mass is 10.1. The fourth-order valence-electron chi connectivity index (χ4n) is 4.69. The zero-order valence-electron chi connectivity index (χ0n) is 21.9. The predicted octanol–water partition coefficient (Wildman–Crippen LogP) is 5.21. The van der Waals surface area contributed by atoms with E-state index in [0.717, 1.165) is 17.5 Å². The quantitative estimate of drug-likeness (QED) is 0.349. The summed E-state index contributed by atoms with van der Waals surface area (Å²) in [5.41, 5.74) is 1.55. The molecule has 0 bridgehead atoms. The maximum atomic E-state index is 13.6. The third-order valence-electron chi connectivity index (χ3n) is 6.92. The van der Waals surface area contributed by atoms with Crippen LogP contribution in [0.25, 0.3) is 10.9 Å². The van der Waals surface area contributed by atoms with Gasteiger partial charge in [0.15, 0.2) is 0 Å². The maximum Gasteiger partial charge on any atom is 0.416 e. The van der Waals surface area contributed by atoms with Crippen molar-refractivity contribution >= 4 is 22.8 Å². The SMILES string of the molecule is CC#CCn1c(N[C@@H](C)c2ccc(C(F)(F)F)cc2)nc2c(c1=O)CN(C(=O)c1ccc3ccccc3n1)CC2. The minimum absolute atomic E-state index is 0.0673. The molecule has 0 radical (unpaired) electrons. The molecule has 204 valence electrons. The van der Waals surface area contributed by atoms with Crippen molar-refractivity contribution in [3.63, 3.8) is 0 Å². The van der Waals surface area contributed by atoms with Crippen LogP contribution in [-0.2, 0) is 25.7 Å². The number of hydrogen-bond donors (Lipinski definition) is 1. The minimum atomic E-state index is -4.42. The Hall–Kier alpha value is -4.65. The Morgan fingerprint density at radius 2 is 1.82 bits per heavy atom. The van der Waals surface area contributed by atoms with Gasteiger partial charge in [0.1, 0.15) is 5.69 Å². The number of fused-ring (bicyclic) bond motifs is 2. The van der Waals surface area contributed by atoms with Crippen LogP contribution in [0.15, 0.2) is 65.5 Å². The van der Waals surface area contributed by atoms with Gasteiger partial charge in [-0.1, -0.05) is 42.3 Å². The number of carbonyl (C=O) groups is 1. The van der Waals surface area contributed by atoms with Gasteiger partial charge >= 0.3 is 6.18 Å². The van der Waals surface area contributed by atoms with Crippen molar-refractivity contribution in [2.75, 3.05) is 11.9 Å². The Morgan fingerprint density at radius 3 is 2.55 bits per heavy atom. The average Bonchev–Trinajstić information content (AvgIpc) is 2.96. The van der Waals surface area contributed by atoms with E-state index in [9.17, 15) is 22.8 Å². The van der Waals surface area contributed by atoms with Gasteiger partial charge in [0.2, 0.25) is 5.95 Å². The number of nitrogens with zero attached hydrogens (tertiary/aromatic N) is 4. The molecular formula is C30H26F3N5O2. The lowest BCUT2D eigenvalue weighted by Crippen LogP contribution is -2.42. The maximum absolute atomic E-state index is 13.6. The number of carbonyl (C=O) groups excluding carboxylic acids is 1. The molecule has 0 spiro atoms. The van der Waals surface area contributed by atoms with Crippen LogP contribution >= 0.6 is 0 Å². The lowest BCUT2D eigenvalue weighted by molar-refractivity contribution is -0.137. The third-order valence-corrected chi connectivity index (χ3v) is 6.92. The first-order valence-corrected chi connectivity index (χ1v) is 12.8. The molecule has 0 unspecified atom stereocenters. The molecule has 1 aliphatic rings. The highest BCUT2D eigenvalue weighted by Gasteiger charge is 2.31. The summed E-state index contributed by atoms with van der Waals surface area (Å²) in [6, 6.07) is 15.5. The fourth-order valence-corrected chi connectivity index (χ4v) is 4.69. The normalized spacial score (nSPS) is 13.8. The molecule has 1 amide bonds. The van der Waals surface area contributed by atoms with Gasteiger partial charge in [0.25, 0.3) is 11.5 Å². The Balaban J connectivity index is 1.42. The largest absolute Gasteiger partial charge is 0.416 e. The van der Waals surface area contributed by atoms with Gasteiger partial charge in [-0.3, -0.25) is 14.2 Å². The summed E-state index contributed by atoms with van der Waals surface area (Å²) in [7, 11) is 0. The average molecular weight is 546 g/mol. The van der Waals surface area contributed by atoms with Gasteiger partial charge in [0.05, 0.1) is 41.5 Å². The van der Waals surface area contributed by atoms with Gasteiger partial charge in [-0.2, -0.15) is 13.2 Å². The van der Waals surface area contributed by atoms with E-state index in [2.05, 4.69) is 22.1 Å². The van der Waals surface area contributed by atoms with E-state index in [4.69, 9.17) is 4.98 Å². The number of halogens is 3. The number of benzene rings is 2. The van der Waals surface area contributed by atoms with Gasteiger partial charge in [-0.15, -0.1) is 5.92 Å². The topological polar surface area (TPSA) is 80.1 Å². The molecule has 3 heterocycles. The summed E-state index contributed by atoms with van der Waals surface area (Å²) in [5.74, 6) is 5.66. The summed E-state index contributed by atoms with van der Waals surface area (Å²) in [5, 5.41) is 4.10. The number of para-hydroxylation sites is 1. The van der Waals surface area contributed by atoms with Crippen LogP contribution in [0.1, 0.15) is 52.8 Å². The monoisotopic (exact) mass is 545 g/mol. The molecule has 1 N–H and O–H groups in total. The molecule has 10 heteroatoms. The molecule has 4 aromatic rings. The van der Waals surface area contributed by atoms with Crippen LogP contribution < -0.4 is 10.9 Å². The lowest BCUT2D eigenvalue weighted by Gasteiger charge is -2.29. The fraction of sp³-hybridized carbons (Fsp3) is 0.267. The standard InChI is InChI=1S/C30H26F3N5O2/c1-3-4-16-38-27(39)23-18-37(28(40)26-14-11-21-7-5-6-8-24(21)35-26)17-15-25(23)36-29(38)34-19(2)20-9-12-22(13-10-20)30(31,32)33/h5-14,19H,15-18H2,1-2H3,(H,34,36)/t19-/m0/s1. The number of rotatable bonds is 5. The third kappa shape index (κ3) is 5.41. The Morgan fingerprint density at radius 1 is 1.07 bits per heavy atom. The number of amides is 1. The second kappa shape index (κ2) is 10.8. The summed E-state index contributed by atoms with van der Waals surface area (Å²) in [6.07, 6.45) is -4.05. The summed E-state index contributed by atoms with van der Waals surface area (Å²) in [4.78, 5) is 37.7. The molecule has 0 aliphatic carbocycles. The van der Waals surface area contributed by atoms with Crippen molar-refractivity contribution in [3.8, 4) is 11.8 Å². The van der Waals surface area contributed by atoms with E-state index in [1.165, 1.54) is 16.7 Å². The minimum Gasteiger partial charge on any atom is -0.349 e. The van der Waals surface area contributed by atoms with Crippen molar-refractivity contribution in [2.45, 2.75) is 45.6 Å². The molecule has 1 aliphatic heterocycles. The molecule has 2 aromatic carbocycles. The van der Waals surface area contributed by atoms with E-state index < -0.39 is 17.8 Å². The van der Waals surface area contributed by atoms with Crippen molar-refractivity contribution in [3.05, 3.63) is 99.1 Å². The molecule has 2 aromatic heterocycles. The molecule has 0 saturated heterocycles. The highest BCUT2D eigenvalue weighted by Crippen LogP contribution is 2.30. The number of pyridine rings is 1. The predicted molar refractivity (Wildman–Crippen MR) is 146 cm³/mol. The Bertz CT molecular complexity index is 1700. The number of anilines is 1. The number of alkyl halides is 3. The number of hydrogen-bond acceptors (Lipinski definition) is 5. The molecule has 5 rings (SSSR count). The van der Waals surface area contributed by atoms with Crippen LogP contribution in [-0.4, -0.2) is 31.9 Å². The molecule has 1 atom stereocenters. The van der Waals surface area contributed by atoms with Gasteiger partial charge in [-0.05, 0) is 43.7 Å². The molecule has 7 nitrogen and oxygen atoms in total. The highest BCUT2D eigenvalue weighted by molar-refractivity contribution is 5.95. The molecular weight excluding hydrogens is 519 g/mol. The van der Waals surface area contributed by atoms with Crippen molar-refractivity contribution < 1.29 is 18.0 Å². The second-order valence-corrected chi connectivity index (χ2v) is 9.53. The second-order valence-electron chi connectivity index (χ2n) is 9.53. The first-order valence-electron chi connectivity index (χ1n) is 12.8. The first kappa shape index (κ1) is 26.9. The Kier molecular flexibility index (Phi) is 7.30. The zero-order chi connectivity index (χ0) is 28.4. The number of nitrogens with one attached hydrogen (secondary N) is 1. The van der Waals surface area contributed by atoms with Gasteiger partial charge in [0, 0.05) is 18.4 Å². The molecule has 0 fully saturated rings. The zero-order valence-corrected chi connectivity index (χ0v) is 21.9. The molecule has 0 saturated carbocycles. The smallest absolute Gasteiger partial charge is 0.349 e. The van der Waals surface area contributed by atoms with Crippen LogP contribution in [0.2, 0.25) is 0 Å². The van der Waals surface area contributed by atoms with E-state index in [1.54, 1.807) is 24.8 Å².